The summed E-state index contributed by atoms with van der Waals surface area (Å²) in [6.45, 7) is 17.9. The van der Waals surface area contributed by atoms with E-state index in [1.165, 1.54) is 16.7 Å². The van der Waals surface area contributed by atoms with E-state index in [4.69, 9.17) is 9.72 Å². The number of hydrogen-bond acceptors (Lipinski definition) is 2. The average molecular weight is 978 g/mol. The first kappa shape index (κ1) is 41.7. The Kier molecular flexibility index (Phi) is 11.0. The van der Waals surface area contributed by atoms with Crippen LogP contribution in [0, 0.1) is 18.5 Å². The van der Waals surface area contributed by atoms with Gasteiger partial charge in [0.25, 0.3) is 6.33 Å². The quantitative estimate of drug-likeness (QED) is 0.112. The van der Waals surface area contributed by atoms with E-state index >= 15 is 0 Å². The molecule has 308 valence electrons. The Bertz CT molecular complexity index is 2980. The van der Waals surface area contributed by atoms with Gasteiger partial charge in [0, 0.05) is 55.9 Å². The molecule has 0 fully saturated rings. The summed E-state index contributed by atoms with van der Waals surface area (Å²) in [5, 5.41) is 2.20. The Labute approximate surface area is 374 Å². The maximum Gasteiger partial charge on any atom is 0.267 e. The molecule has 6 aromatic carbocycles. The van der Waals surface area contributed by atoms with E-state index < -0.39 is 0 Å². The molecule has 0 spiro atoms. The molecule has 5 nitrogen and oxygen atoms in total. The predicted octanol–water partition coefficient (Wildman–Crippen LogP) is 13.0. The van der Waals surface area contributed by atoms with E-state index in [1.807, 2.05) is 18.3 Å². The van der Waals surface area contributed by atoms with Crippen molar-refractivity contribution in [1.82, 2.24) is 14.1 Å². The summed E-state index contributed by atoms with van der Waals surface area (Å²) < 4.78 is 13.2. The Hall–Kier alpha value is -6.03. The molecule has 0 N–H and O–H groups in total. The van der Waals surface area contributed by atoms with Gasteiger partial charge >= 0.3 is 0 Å². The number of benzene rings is 6. The van der Waals surface area contributed by atoms with Crippen molar-refractivity contribution in [1.29, 1.82) is 0 Å². The van der Waals surface area contributed by atoms with E-state index in [9.17, 15) is 0 Å². The third kappa shape index (κ3) is 8.12. The van der Waals surface area contributed by atoms with Gasteiger partial charge in [-0.2, -0.15) is 12.1 Å². The normalized spacial score (nSPS) is 12.1. The molecule has 0 aliphatic carbocycles. The maximum absolute atomic E-state index is 6.82. The SMILES string of the molecule is CC(C)(C)c1ccc(-[n+]2[c-]n(-c3[c-]c(Oc4[c-]c5c(cc4)c4ccccc4n5-c4cc(C(C)(C)c5ccccc5)ccn4)cc(-c4ccccc4)c3)c(C(C)(C)C)c2)cc1.[Pt]. The van der Waals surface area contributed by atoms with Gasteiger partial charge in [-0.05, 0) is 74.5 Å². The molecule has 0 amide bonds. The molecular formula is C55H50N4OPt-2. The van der Waals surface area contributed by atoms with Crippen molar-refractivity contribution in [3.05, 3.63) is 199 Å². The zero-order valence-electron chi connectivity index (χ0n) is 36.0. The number of fused-ring (bicyclic) bond motifs is 3. The number of rotatable bonds is 8. The van der Waals surface area contributed by atoms with Crippen molar-refractivity contribution in [2.75, 3.05) is 0 Å². The Morgan fingerprint density at radius 2 is 1.26 bits per heavy atom. The first-order valence-electron chi connectivity index (χ1n) is 20.7. The third-order valence-electron chi connectivity index (χ3n) is 11.6. The van der Waals surface area contributed by atoms with Gasteiger partial charge in [0.2, 0.25) is 0 Å². The fourth-order valence-corrected chi connectivity index (χ4v) is 8.08. The Balaban J connectivity index is 0.00000514. The standard InChI is InChI=1S/C55H50N4O.Pt/c1-53(2,3)40-23-25-43(26-24-40)57-36-51(54(4,5)6)58(37-57)44-31-39(38-17-11-9-12-18-38)32-46(34-44)60-45-27-28-48-47-21-15-16-22-49(47)59(50(48)35-45)52-33-42(29-30-56-52)55(7,8)41-19-13-10-14-20-41;/h9-33,36H,1-8H3;/q-2;. The van der Waals surface area contributed by atoms with Crippen molar-refractivity contribution in [3.63, 3.8) is 0 Å². The summed E-state index contributed by atoms with van der Waals surface area (Å²) >= 11 is 0. The second-order valence-electron chi connectivity index (χ2n) is 18.3. The van der Waals surface area contributed by atoms with Crippen LogP contribution in [0.15, 0.2) is 158 Å². The van der Waals surface area contributed by atoms with Crippen LogP contribution < -0.4 is 9.30 Å². The number of pyridine rings is 1. The van der Waals surface area contributed by atoms with Crippen molar-refractivity contribution in [2.45, 2.75) is 71.6 Å². The molecule has 0 bridgehead atoms. The van der Waals surface area contributed by atoms with Crippen molar-refractivity contribution in [3.8, 4) is 39.8 Å². The van der Waals surface area contributed by atoms with Gasteiger partial charge in [-0.25, -0.2) is 4.98 Å². The summed E-state index contributed by atoms with van der Waals surface area (Å²) in [4.78, 5) is 4.95. The molecule has 0 atom stereocenters. The summed E-state index contributed by atoms with van der Waals surface area (Å²) in [5.41, 5.74) is 10.4. The third-order valence-corrected chi connectivity index (χ3v) is 11.6. The van der Waals surface area contributed by atoms with Gasteiger partial charge in [0.15, 0.2) is 0 Å². The predicted molar refractivity (Wildman–Crippen MR) is 244 cm³/mol. The number of hydrogen-bond donors (Lipinski definition) is 0. The topological polar surface area (TPSA) is 35.9 Å². The van der Waals surface area contributed by atoms with Gasteiger partial charge in [-0.15, -0.1) is 35.2 Å². The monoisotopic (exact) mass is 977 g/mol. The molecule has 6 heteroatoms. The van der Waals surface area contributed by atoms with Crippen LogP contribution in [0.2, 0.25) is 0 Å². The Morgan fingerprint density at radius 1 is 0.574 bits per heavy atom. The molecule has 0 saturated heterocycles. The minimum absolute atomic E-state index is 0. The van der Waals surface area contributed by atoms with E-state index in [2.05, 4.69) is 227 Å². The average Bonchev–Trinajstić information content (AvgIpc) is 3.85. The van der Waals surface area contributed by atoms with Gasteiger partial charge in [0.05, 0.1) is 11.4 Å². The van der Waals surface area contributed by atoms with Crippen LogP contribution in [-0.4, -0.2) is 14.1 Å². The smallest absolute Gasteiger partial charge is 0.267 e. The molecule has 0 radical (unpaired) electrons. The second kappa shape index (κ2) is 16.1. The van der Waals surface area contributed by atoms with Gasteiger partial charge in [-0.3, -0.25) is 4.57 Å². The first-order valence-corrected chi connectivity index (χ1v) is 20.7. The van der Waals surface area contributed by atoms with Gasteiger partial charge in [0.1, 0.15) is 5.82 Å². The van der Waals surface area contributed by atoms with Crippen LogP contribution in [0.4, 0.5) is 0 Å². The summed E-state index contributed by atoms with van der Waals surface area (Å²) in [5.74, 6) is 1.99. The van der Waals surface area contributed by atoms with Crippen molar-refractivity contribution < 1.29 is 30.4 Å². The number of aromatic nitrogens is 4. The maximum atomic E-state index is 6.82. The zero-order valence-corrected chi connectivity index (χ0v) is 38.3. The minimum Gasteiger partial charge on any atom is -0.510 e. The second-order valence-corrected chi connectivity index (χ2v) is 18.3. The zero-order chi connectivity index (χ0) is 41.8. The van der Waals surface area contributed by atoms with Gasteiger partial charge in [-0.1, -0.05) is 152 Å². The molecule has 0 aliphatic heterocycles. The summed E-state index contributed by atoms with van der Waals surface area (Å²) in [6.07, 6.45) is 7.76. The summed E-state index contributed by atoms with van der Waals surface area (Å²) in [7, 11) is 0. The van der Waals surface area contributed by atoms with Crippen molar-refractivity contribution in [2.24, 2.45) is 0 Å². The van der Waals surface area contributed by atoms with E-state index in [1.54, 1.807) is 0 Å². The molecule has 9 rings (SSSR count). The van der Waals surface area contributed by atoms with Crippen molar-refractivity contribution >= 4 is 21.8 Å². The van der Waals surface area contributed by atoms with Crippen LogP contribution in [0.1, 0.15) is 77.8 Å². The van der Waals surface area contributed by atoms with Crippen LogP contribution in [0.5, 0.6) is 11.5 Å². The number of nitrogens with zero attached hydrogens (tertiary/aromatic N) is 4. The molecule has 3 aromatic heterocycles. The summed E-state index contributed by atoms with van der Waals surface area (Å²) in [6, 6.07) is 58.3. The van der Waals surface area contributed by atoms with Crippen LogP contribution >= 0.6 is 0 Å². The largest absolute Gasteiger partial charge is 0.510 e. The fraction of sp³-hybridized carbons (Fsp3) is 0.200. The molecule has 9 aromatic rings. The van der Waals surface area contributed by atoms with E-state index in [0.29, 0.717) is 11.5 Å². The molecule has 0 unspecified atom stereocenters. The molecule has 0 saturated carbocycles. The number of ether oxygens (including phenoxy) is 1. The molecule has 0 aliphatic rings. The first-order chi connectivity index (χ1) is 28.7. The number of para-hydroxylation sites is 1. The van der Waals surface area contributed by atoms with Gasteiger partial charge < -0.3 is 13.9 Å². The van der Waals surface area contributed by atoms with Crippen LogP contribution in [0.25, 0.3) is 50.1 Å². The van der Waals surface area contributed by atoms with E-state index in [0.717, 1.165) is 55.8 Å². The van der Waals surface area contributed by atoms with Crippen LogP contribution in [-0.2, 0) is 37.3 Å². The number of imidazole rings is 1. The van der Waals surface area contributed by atoms with E-state index in [-0.39, 0.29) is 37.3 Å². The fourth-order valence-electron chi connectivity index (χ4n) is 8.08. The Morgan fingerprint density at radius 3 is 1.97 bits per heavy atom. The molecule has 3 heterocycles. The van der Waals surface area contributed by atoms with Crippen LogP contribution in [0.3, 0.4) is 0 Å². The molecule has 61 heavy (non-hydrogen) atoms. The minimum atomic E-state index is -0.229. The molecular weight excluding hydrogens is 928 g/mol.